The van der Waals surface area contributed by atoms with Crippen molar-refractivity contribution < 1.29 is 4.79 Å². The minimum atomic E-state index is -0.0166. The largest absolute Gasteiger partial charge is 0.344 e. The van der Waals surface area contributed by atoms with Crippen molar-refractivity contribution >= 4 is 11.9 Å². The third-order valence-electron chi connectivity index (χ3n) is 4.47. The average Bonchev–Trinajstić information content (AvgIpc) is 2.65. The van der Waals surface area contributed by atoms with Gasteiger partial charge in [0.15, 0.2) is 0 Å². The second kappa shape index (κ2) is 7.43. The van der Waals surface area contributed by atoms with Crippen molar-refractivity contribution in [1.29, 1.82) is 0 Å². The molecule has 0 bridgehead atoms. The Morgan fingerprint density at radius 1 is 1.25 bits per heavy atom. The SMILES string of the molecule is CCCCN(C)c1nccc(C(=O)N2CCc3ccccc3C2)n1. The second-order valence-electron chi connectivity index (χ2n) is 6.26. The van der Waals surface area contributed by atoms with E-state index in [0.29, 0.717) is 18.2 Å². The van der Waals surface area contributed by atoms with Gasteiger partial charge in [-0.05, 0) is 30.0 Å². The standard InChI is InChI=1S/C19H24N4O/c1-3-4-12-22(2)19-20-11-9-17(21-19)18(24)23-13-10-15-7-5-6-8-16(15)14-23/h5-9,11H,3-4,10,12-14H2,1-2H3. The first-order valence-electron chi connectivity index (χ1n) is 8.59. The van der Waals surface area contributed by atoms with Crippen LogP contribution in [0, 0.1) is 0 Å². The van der Waals surface area contributed by atoms with Crippen molar-refractivity contribution in [2.75, 3.05) is 25.0 Å². The molecule has 1 aromatic carbocycles. The Labute approximate surface area is 143 Å². The number of benzene rings is 1. The maximum Gasteiger partial charge on any atom is 0.272 e. The summed E-state index contributed by atoms with van der Waals surface area (Å²) in [6.07, 6.45) is 4.78. The Morgan fingerprint density at radius 3 is 2.83 bits per heavy atom. The first-order chi connectivity index (χ1) is 11.7. The van der Waals surface area contributed by atoms with Gasteiger partial charge in [-0.1, -0.05) is 37.6 Å². The third-order valence-corrected chi connectivity index (χ3v) is 4.47. The van der Waals surface area contributed by atoms with Gasteiger partial charge in [0, 0.05) is 32.9 Å². The van der Waals surface area contributed by atoms with Gasteiger partial charge in [0.2, 0.25) is 5.95 Å². The molecule has 1 amide bonds. The highest BCUT2D eigenvalue weighted by molar-refractivity contribution is 5.92. The smallest absolute Gasteiger partial charge is 0.272 e. The summed E-state index contributed by atoms with van der Waals surface area (Å²) < 4.78 is 0. The Kier molecular flexibility index (Phi) is 5.08. The number of nitrogens with zero attached hydrogens (tertiary/aromatic N) is 4. The molecule has 2 aromatic rings. The molecule has 2 heterocycles. The van der Waals surface area contributed by atoms with Crippen LogP contribution in [-0.2, 0) is 13.0 Å². The molecule has 0 N–H and O–H groups in total. The Hall–Kier alpha value is -2.43. The zero-order chi connectivity index (χ0) is 16.9. The summed E-state index contributed by atoms with van der Waals surface area (Å²) in [5.41, 5.74) is 3.04. The molecule has 5 heteroatoms. The molecule has 5 nitrogen and oxygen atoms in total. The van der Waals surface area contributed by atoms with Gasteiger partial charge >= 0.3 is 0 Å². The van der Waals surface area contributed by atoms with Crippen LogP contribution >= 0.6 is 0 Å². The van der Waals surface area contributed by atoms with E-state index in [0.717, 1.165) is 32.4 Å². The number of carbonyl (C=O) groups excluding carboxylic acids is 1. The number of fused-ring (bicyclic) bond motifs is 1. The molecule has 0 spiro atoms. The monoisotopic (exact) mass is 324 g/mol. The van der Waals surface area contributed by atoms with Crippen molar-refractivity contribution in [3.05, 3.63) is 53.3 Å². The molecule has 126 valence electrons. The predicted molar refractivity (Wildman–Crippen MR) is 95.1 cm³/mol. The van der Waals surface area contributed by atoms with Crippen LogP contribution in [0.2, 0.25) is 0 Å². The minimum Gasteiger partial charge on any atom is -0.344 e. The highest BCUT2D eigenvalue weighted by Gasteiger charge is 2.23. The molecule has 1 aromatic heterocycles. The molecule has 1 aliphatic heterocycles. The number of hydrogen-bond donors (Lipinski definition) is 0. The van der Waals surface area contributed by atoms with Crippen LogP contribution in [-0.4, -0.2) is 40.9 Å². The molecule has 0 saturated heterocycles. The Bertz CT molecular complexity index is 716. The molecule has 24 heavy (non-hydrogen) atoms. The molecular formula is C19H24N4O. The van der Waals surface area contributed by atoms with Gasteiger partial charge in [-0.15, -0.1) is 0 Å². The first kappa shape index (κ1) is 16.4. The molecule has 0 atom stereocenters. The van der Waals surface area contributed by atoms with Gasteiger partial charge < -0.3 is 9.80 Å². The average molecular weight is 324 g/mol. The molecule has 0 saturated carbocycles. The lowest BCUT2D eigenvalue weighted by Gasteiger charge is -2.28. The van der Waals surface area contributed by atoms with E-state index < -0.39 is 0 Å². The predicted octanol–water partition coefficient (Wildman–Crippen LogP) is 2.91. The molecule has 0 radical (unpaired) electrons. The number of amides is 1. The number of rotatable bonds is 5. The van der Waals surface area contributed by atoms with E-state index in [1.807, 2.05) is 22.9 Å². The van der Waals surface area contributed by atoms with Crippen LogP contribution < -0.4 is 4.90 Å². The molecule has 0 fully saturated rings. The van der Waals surface area contributed by atoms with E-state index in [1.54, 1.807) is 12.3 Å². The second-order valence-corrected chi connectivity index (χ2v) is 6.26. The summed E-state index contributed by atoms with van der Waals surface area (Å²) in [5.74, 6) is 0.601. The lowest BCUT2D eigenvalue weighted by Crippen LogP contribution is -2.36. The Morgan fingerprint density at radius 2 is 2.04 bits per heavy atom. The van der Waals surface area contributed by atoms with E-state index >= 15 is 0 Å². The zero-order valence-corrected chi connectivity index (χ0v) is 14.4. The molecule has 3 rings (SSSR count). The molecule has 1 aliphatic rings. The lowest BCUT2D eigenvalue weighted by molar-refractivity contribution is 0.0728. The summed E-state index contributed by atoms with van der Waals surface area (Å²) in [6.45, 7) is 4.44. The van der Waals surface area contributed by atoms with E-state index in [9.17, 15) is 4.79 Å². The van der Waals surface area contributed by atoms with Crippen LogP contribution in [0.5, 0.6) is 0 Å². The summed E-state index contributed by atoms with van der Waals surface area (Å²) in [4.78, 5) is 25.5. The van der Waals surface area contributed by atoms with Crippen molar-refractivity contribution in [3.63, 3.8) is 0 Å². The minimum absolute atomic E-state index is 0.0166. The summed E-state index contributed by atoms with van der Waals surface area (Å²) in [6, 6.07) is 10.0. The first-order valence-corrected chi connectivity index (χ1v) is 8.59. The maximum atomic E-state index is 12.8. The van der Waals surface area contributed by atoms with Crippen LogP contribution in [0.3, 0.4) is 0 Å². The van der Waals surface area contributed by atoms with Gasteiger partial charge in [0.1, 0.15) is 5.69 Å². The highest BCUT2D eigenvalue weighted by Crippen LogP contribution is 2.20. The summed E-state index contributed by atoms with van der Waals surface area (Å²) in [5, 5.41) is 0. The van der Waals surface area contributed by atoms with Gasteiger partial charge in [-0.2, -0.15) is 0 Å². The molecule has 0 aliphatic carbocycles. The van der Waals surface area contributed by atoms with Crippen LogP contribution in [0.1, 0.15) is 41.4 Å². The van der Waals surface area contributed by atoms with Gasteiger partial charge in [0.25, 0.3) is 5.91 Å². The molecular weight excluding hydrogens is 300 g/mol. The molecule has 0 unspecified atom stereocenters. The number of anilines is 1. The zero-order valence-electron chi connectivity index (χ0n) is 14.4. The van der Waals surface area contributed by atoms with Crippen molar-refractivity contribution in [3.8, 4) is 0 Å². The topological polar surface area (TPSA) is 49.3 Å². The van der Waals surface area contributed by atoms with Gasteiger partial charge in [0.05, 0.1) is 0 Å². The lowest BCUT2D eigenvalue weighted by atomic mass is 10.00. The Balaban J connectivity index is 1.74. The van der Waals surface area contributed by atoms with Crippen molar-refractivity contribution in [1.82, 2.24) is 14.9 Å². The van der Waals surface area contributed by atoms with Crippen molar-refractivity contribution in [2.45, 2.75) is 32.7 Å². The fourth-order valence-electron chi connectivity index (χ4n) is 2.98. The van der Waals surface area contributed by atoms with Gasteiger partial charge in [-0.3, -0.25) is 4.79 Å². The normalized spacial score (nSPS) is 13.5. The number of aromatic nitrogens is 2. The quantitative estimate of drug-likeness (QED) is 0.848. The fraction of sp³-hybridized carbons (Fsp3) is 0.421. The van der Waals surface area contributed by atoms with E-state index in [4.69, 9.17) is 0 Å². The van der Waals surface area contributed by atoms with E-state index in [2.05, 4.69) is 35.1 Å². The summed E-state index contributed by atoms with van der Waals surface area (Å²) in [7, 11) is 1.97. The number of carbonyl (C=O) groups is 1. The van der Waals surface area contributed by atoms with Gasteiger partial charge in [-0.25, -0.2) is 9.97 Å². The van der Waals surface area contributed by atoms with Crippen molar-refractivity contribution in [2.24, 2.45) is 0 Å². The van der Waals surface area contributed by atoms with Crippen LogP contribution in [0.4, 0.5) is 5.95 Å². The fourth-order valence-corrected chi connectivity index (χ4v) is 2.98. The summed E-state index contributed by atoms with van der Waals surface area (Å²) >= 11 is 0. The number of unbranched alkanes of at least 4 members (excludes halogenated alkanes) is 1. The highest BCUT2D eigenvalue weighted by atomic mass is 16.2. The number of hydrogen-bond acceptors (Lipinski definition) is 4. The maximum absolute atomic E-state index is 12.8. The van der Waals surface area contributed by atoms with Crippen LogP contribution in [0.25, 0.3) is 0 Å². The van der Waals surface area contributed by atoms with Crippen LogP contribution in [0.15, 0.2) is 36.5 Å². The van der Waals surface area contributed by atoms with E-state index in [-0.39, 0.29) is 5.91 Å². The van der Waals surface area contributed by atoms with E-state index in [1.165, 1.54) is 11.1 Å². The third kappa shape index (κ3) is 3.55.